The molecule has 0 aliphatic carbocycles. The van der Waals surface area contributed by atoms with Gasteiger partial charge in [0.15, 0.2) is 0 Å². The van der Waals surface area contributed by atoms with Crippen LogP contribution in [0.25, 0.3) is 0 Å². The largest absolute Gasteiger partial charge is 0.507 e. The van der Waals surface area contributed by atoms with E-state index in [1.165, 1.54) is 6.92 Å². The molecule has 1 unspecified atom stereocenters. The predicted octanol–water partition coefficient (Wildman–Crippen LogP) is 0.446. The molecule has 0 bridgehead atoms. The SMILES string of the molecule is CCS(=O)CCNS(=O)(=O)c1cc(C(=O)O)c(O)cc1C. The molecule has 0 aliphatic heterocycles. The second-order valence-corrected chi connectivity index (χ2v) is 7.87. The first-order chi connectivity index (χ1) is 9.69. The molecule has 3 N–H and O–H groups in total. The molecule has 7 nitrogen and oxygen atoms in total. The third kappa shape index (κ3) is 4.51. The summed E-state index contributed by atoms with van der Waals surface area (Å²) in [5.74, 6) is -1.30. The van der Waals surface area contributed by atoms with Gasteiger partial charge < -0.3 is 10.2 Å². The molecule has 1 rings (SSSR count). The number of aryl methyl sites for hydroxylation is 1. The number of sulfonamides is 1. The average Bonchev–Trinajstić information content (AvgIpc) is 2.37. The maximum Gasteiger partial charge on any atom is 0.339 e. The first-order valence-electron chi connectivity index (χ1n) is 6.10. The second-order valence-electron chi connectivity index (χ2n) is 4.27. The molecule has 1 aromatic carbocycles. The van der Waals surface area contributed by atoms with Crippen LogP contribution < -0.4 is 4.72 Å². The molecule has 0 spiro atoms. The van der Waals surface area contributed by atoms with Crippen molar-refractivity contribution in [3.05, 3.63) is 23.3 Å². The van der Waals surface area contributed by atoms with E-state index in [1.807, 2.05) is 0 Å². The molecule has 0 heterocycles. The number of rotatable bonds is 7. The van der Waals surface area contributed by atoms with E-state index < -0.39 is 38.1 Å². The van der Waals surface area contributed by atoms with Crippen molar-refractivity contribution in [2.24, 2.45) is 0 Å². The van der Waals surface area contributed by atoms with Crippen LogP contribution in [0.15, 0.2) is 17.0 Å². The molecule has 21 heavy (non-hydrogen) atoms. The van der Waals surface area contributed by atoms with Crippen LogP contribution in [0, 0.1) is 6.92 Å². The molecule has 0 aromatic heterocycles. The molecule has 0 radical (unpaired) electrons. The molecule has 1 atom stereocenters. The highest BCUT2D eigenvalue weighted by Crippen LogP contribution is 2.25. The van der Waals surface area contributed by atoms with Crippen LogP contribution in [0.4, 0.5) is 0 Å². The summed E-state index contributed by atoms with van der Waals surface area (Å²) in [5, 5.41) is 18.4. The first kappa shape index (κ1) is 17.6. The number of nitrogens with one attached hydrogen (secondary N) is 1. The molecule has 9 heteroatoms. The molecule has 1 aromatic rings. The van der Waals surface area contributed by atoms with Crippen molar-refractivity contribution in [1.29, 1.82) is 0 Å². The number of hydrogen-bond acceptors (Lipinski definition) is 5. The summed E-state index contributed by atoms with van der Waals surface area (Å²) < 4.78 is 37.8. The van der Waals surface area contributed by atoms with Crippen LogP contribution in [0.1, 0.15) is 22.8 Å². The number of aromatic hydroxyl groups is 1. The normalized spacial score (nSPS) is 13.0. The van der Waals surface area contributed by atoms with Crippen molar-refractivity contribution in [2.75, 3.05) is 18.1 Å². The van der Waals surface area contributed by atoms with Gasteiger partial charge in [-0.3, -0.25) is 4.21 Å². The van der Waals surface area contributed by atoms with Gasteiger partial charge in [-0.05, 0) is 24.6 Å². The predicted molar refractivity (Wildman–Crippen MR) is 78.5 cm³/mol. The van der Waals surface area contributed by atoms with Gasteiger partial charge in [-0.2, -0.15) is 0 Å². The van der Waals surface area contributed by atoms with E-state index >= 15 is 0 Å². The highest BCUT2D eigenvalue weighted by Gasteiger charge is 2.21. The number of carbonyl (C=O) groups is 1. The molecule has 0 saturated carbocycles. The summed E-state index contributed by atoms with van der Waals surface area (Å²) in [7, 11) is -5.03. The number of phenols is 1. The van der Waals surface area contributed by atoms with Gasteiger partial charge in [0.05, 0.1) is 4.90 Å². The Balaban J connectivity index is 3.05. The third-order valence-corrected chi connectivity index (χ3v) is 5.66. The van der Waals surface area contributed by atoms with Crippen molar-refractivity contribution in [3.8, 4) is 5.75 Å². The Morgan fingerprint density at radius 1 is 1.38 bits per heavy atom. The van der Waals surface area contributed by atoms with Gasteiger partial charge in [0.25, 0.3) is 0 Å². The number of hydrogen-bond donors (Lipinski definition) is 3. The van der Waals surface area contributed by atoms with Gasteiger partial charge in [0.1, 0.15) is 11.3 Å². The fourth-order valence-electron chi connectivity index (χ4n) is 1.65. The standard InChI is InChI=1S/C12H17NO6S2/c1-3-20(17)5-4-13-21(18,19)11-7-9(12(15)16)10(14)6-8(11)2/h6-7,13-14H,3-5H2,1-2H3,(H,15,16). The maximum absolute atomic E-state index is 12.1. The van der Waals surface area contributed by atoms with Crippen LogP contribution in [0.3, 0.4) is 0 Å². The summed E-state index contributed by atoms with van der Waals surface area (Å²) in [6.07, 6.45) is 0. The topological polar surface area (TPSA) is 121 Å². The Morgan fingerprint density at radius 3 is 2.52 bits per heavy atom. The molecule has 118 valence electrons. The summed E-state index contributed by atoms with van der Waals surface area (Å²) in [5.41, 5.74) is -0.264. The van der Waals surface area contributed by atoms with Crippen molar-refractivity contribution in [3.63, 3.8) is 0 Å². The summed E-state index contributed by atoms with van der Waals surface area (Å²) in [6.45, 7) is 3.17. The van der Waals surface area contributed by atoms with Crippen LogP contribution in [-0.4, -0.2) is 46.9 Å². The second kappa shape index (κ2) is 7.01. The lowest BCUT2D eigenvalue weighted by Crippen LogP contribution is -2.29. The van der Waals surface area contributed by atoms with Crippen LogP contribution in [0.2, 0.25) is 0 Å². The highest BCUT2D eigenvalue weighted by molar-refractivity contribution is 7.89. The molecule has 0 amide bonds. The zero-order valence-corrected chi connectivity index (χ0v) is 13.3. The zero-order valence-electron chi connectivity index (χ0n) is 11.6. The molecular formula is C12H17NO6S2. The Bertz CT molecular complexity index is 669. The highest BCUT2D eigenvalue weighted by atomic mass is 32.2. The number of benzene rings is 1. The Kier molecular flexibility index (Phi) is 5.87. The lowest BCUT2D eigenvalue weighted by atomic mass is 10.1. The van der Waals surface area contributed by atoms with E-state index in [4.69, 9.17) is 5.11 Å². The minimum Gasteiger partial charge on any atom is -0.507 e. The summed E-state index contributed by atoms with van der Waals surface area (Å²) >= 11 is 0. The van der Waals surface area contributed by atoms with E-state index in [0.29, 0.717) is 5.75 Å². The lowest BCUT2D eigenvalue weighted by molar-refractivity contribution is 0.0693. The monoisotopic (exact) mass is 335 g/mol. The molecule has 0 aliphatic rings. The van der Waals surface area contributed by atoms with E-state index in [2.05, 4.69) is 4.72 Å². The Morgan fingerprint density at radius 2 is 2.00 bits per heavy atom. The van der Waals surface area contributed by atoms with Gasteiger partial charge >= 0.3 is 5.97 Å². The number of carboxylic acid groups (broad SMARTS) is 1. The van der Waals surface area contributed by atoms with Gasteiger partial charge in [-0.1, -0.05) is 6.92 Å². The minimum atomic E-state index is -3.93. The number of carboxylic acids is 1. The quantitative estimate of drug-likeness (QED) is 0.665. The summed E-state index contributed by atoms with van der Waals surface area (Å²) in [6, 6.07) is 1.99. The maximum atomic E-state index is 12.1. The van der Waals surface area contributed by atoms with Gasteiger partial charge in [-0.25, -0.2) is 17.9 Å². The van der Waals surface area contributed by atoms with E-state index in [-0.39, 0.29) is 22.8 Å². The smallest absolute Gasteiger partial charge is 0.339 e. The minimum absolute atomic E-state index is 0.00843. The zero-order chi connectivity index (χ0) is 16.2. The molecule has 0 fully saturated rings. The van der Waals surface area contributed by atoms with Crippen LogP contribution >= 0.6 is 0 Å². The average molecular weight is 335 g/mol. The van der Waals surface area contributed by atoms with Crippen molar-refractivity contribution in [1.82, 2.24) is 4.72 Å². The molecule has 0 saturated heterocycles. The van der Waals surface area contributed by atoms with Crippen LogP contribution in [-0.2, 0) is 20.8 Å². The van der Waals surface area contributed by atoms with Gasteiger partial charge in [-0.15, -0.1) is 0 Å². The van der Waals surface area contributed by atoms with Crippen molar-refractivity contribution >= 4 is 26.8 Å². The van der Waals surface area contributed by atoms with Crippen LogP contribution in [0.5, 0.6) is 5.75 Å². The summed E-state index contributed by atoms with van der Waals surface area (Å²) in [4.78, 5) is 10.7. The number of aromatic carboxylic acids is 1. The van der Waals surface area contributed by atoms with E-state index in [9.17, 15) is 22.5 Å². The van der Waals surface area contributed by atoms with Crippen molar-refractivity contribution in [2.45, 2.75) is 18.7 Å². The fourth-order valence-corrected chi connectivity index (χ4v) is 3.68. The van der Waals surface area contributed by atoms with E-state index in [1.54, 1.807) is 6.92 Å². The fraction of sp³-hybridized carbons (Fsp3) is 0.417. The Hall–Kier alpha value is -1.45. The van der Waals surface area contributed by atoms with Crippen molar-refractivity contribution < 1.29 is 27.6 Å². The van der Waals surface area contributed by atoms with E-state index in [0.717, 1.165) is 12.1 Å². The first-order valence-corrected chi connectivity index (χ1v) is 9.07. The molecular weight excluding hydrogens is 318 g/mol. The lowest BCUT2D eigenvalue weighted by Gasteiger charge is -2.11. The third-order valence-electron chi connectivity index (χ3n) is 2.76. The van der Waals surface area contributed by atoms with Gasteiger partial charge in [0, 0.05) is 28.9 Å². The Labute approximate surface area is 125 Å². The van der Waals surface area contributed by atoms with Gasteiger partial charge in [0.2, 0.25) is 10.0 Å².